The highest BCUT2D eigenvalue weighted by Gasteiger charge is 2.11. The summed E-state index contributed by atoms with van der Waals surface area (Å²) < 4.78 is 15.5. The lowest BCUT2D eigenvalue weighted by atomic mass is 10.1. The summed E-state index contributed by atoms with van der Waals surface area (Å²) in [5.74, 6) is 1.60. The highest BCUT2D eigenvalue weighted by atomic mass is 32.1. The zero-order valence-corrected chi connectivity index (χ0v) is 10.8. The van der Waals surface area contributed by atoms with Gasteiger partial charge in [-0.2, -0.15) is 0 Å². The van der Waals surface area contributed by atoms with Crippen molar-refractivity contribution in [2.24, 2.45) is 0 Å². The largest absolute Gasteiger partial charge is 0.493 e. The maximum Gasteiger partial charge on any atom is 0.209 e. The van der Waals surface area contributed by atoms with Crippen LogP contribution in [0.15, 0.2) is 18.2 Å². The molecule has 0 N–H and O–H groups in total. The Morgan fingerprint density at radius 3 is 2.00 bits per heavy atom. The van der Waals surface area contributed by atoms with E-state index >= 15 is 0 Å². The summed E-state index contributed by atoms with van der Waals surface area (Å²) in [6, 6.07) is 3.49. The summed E-state index contributed by atoms with van der Waals surface area (Å²) in [7, 11) is 4.61. The highest BCUT2D eigenvalue weighted by Crippen LogP contribution is 2.38. The Morgan fingerprint density at radius 2 is 1.65 bits per heavy atom. The van der Waals surface area contributed by atoms with Crippen molar-refractivity contribution in [2.75, 3.05) is 21.3 Å². The third-order valence-corrected chi connectivity index (χ3v) is 2.25. The van der Waals surface area contributed by atoms with Crippen molar-refractivity contribution in [3.63, 3.8) is 0 Å². The lowest BCUT2D eigenvalue weighted by Crippen LogP contribution is -1.95. The number of hydrogen-bond donors (Lipinski definition) is 1. The molecule has 0 unspecified atom stereocenters. The zero-order valence-electron chi connectivity index (χ0n) is 9.89. The Labute approximate surface area is 106 Å². The molecule has 4 nitrogen and oxygen atoms in total. The summed E-state index contributed by atoms with van der Waals surface area (Å²) >= 11 is 3.65. The van der Waals surface area contributed by atoms with Crippen LogP contribution in [-0.2, 0) is 4.79 Å². The van der Waals surface area contributed by atoms with Crippen molar-refractivity contribution in [1.82, 2.24) is 0 Å². The quantitative estimate of drug-likeness (QED) is 0.646. The van der Waals surface area contributed by atoms with Gasteiger partial charge in [0, 0.05) is 0 Å². The van der Waals surface area contributed by atoms with E-state index in [1.54, 1.807) is 18.2 Å². The molecule has 1 rings (SSSR count). The fourth-order valence-corrected chi connectivity index (χ4v) is 1.44. The molecule has 5 heteroatoms. The van der Waals surface area contributed by atoms with Gasteiger partial charge in [0.05, 0.1) is 21.3 Å². The first-order valence-corrected chi connectivity index (χ1v) is 5.28. The average Bonchev–Trinajstić information content (AvgIpc) is 2.34. The van der Waals surface area contributed by atoms with Gasteiger partial charge in [-0.3, -0.25) is 4.79 Å². The maximum atomic E-state index is 10.7. The van der Waals surface area contributed by atoms with Crippen LogP contribution in [0.1, 0.15) is 5.56 Å². The number of carbonyl (C=O) groups excluding carboxylic acids is 1. The van der Waals surface area contributed by atoms with Gasteiger partial charge in [0.2, 0.25) is 10.9 Å². The molecule has 17 heavy (non-hydrogen) atoms. The van der Waals surface area contributed by atoms with Gasteiger partial charge in [-0.15, -0.1) is 12.6 Å². The van der Waals surface area contributed by atoms with E-state index in [0.29, 0.717) is 17.2 Å². The molecule has 0 radical (unpaired) electrons. The molecule has 0 aliphatic carbocycles. The van der Waals surface area contributed by atoms with E-state index in [4.69, 9.17) is 14.2 Å². The first kappa shape index (κ1) is 13.4. The van der Waals surface area contributed by atoms with Crippen LogP contribution in [0.5, 0.6) is 17.2 Å². The number of rotatable bonds is 5. The fourth-order valence-electron chi connectivity index (χ4n) is 1.37. The molecule has 0 spiro atoms. The molecule has 0 fully saturated rings. The number of benzene rings is 1. The van der Waals surface area contributed by atoms with Crippen LogP contribution in [0.25, 0.3) is 6.08 Å². The van der Waals surface area contributed by atoms with Crippen molar-refractivity contribution in [3.05, 3.63) is 23.8 Å². The number of carbonyl (C=O) groups is 1. The SMILES string of the molecule is COc1cc(/C=C/C(=O)S)cc(OC)c1OC. The topological polar surface area (TPSA) is 44.8 Å². The van der Waals surface area contributed by atoms with Gasteiger partial charge in [-0.25, -0.2) is 0 Å². The van der Waals surface area contributed by atoms with E-state index < -0.39 is 0 Å². The molecular weight excluding hydrogens is 240 g/mol. The van der Waals surface area contributed by atoms with Crippen LogP contribution in [-0.4, -0.2) is 26.4 Å². The van der Waals surface area contributed by atoms with Crippen LogP contribution in [0.4, 0.5) is 0 Å². The molecule has 92 valence electrons. The van der Waals surface area contributed by atoms with Crippen LogP contribution < -0.4 is 14.2 Å². The average molecular weight is 254 g/mol. The summed E-state index contributed by atoms with van der Waals surface area (Å²) in [6.45, 7) is 0. The summed E-state index contributed by atoms with van der Waals surface area (Å²) in [6.07, 6.45) is 2.98. The van der Waals surface area contributed by atoms with Crippen LogP contribution >= 0.6 is 12.6 Å². The second-order valence-electron chi connectivity index (χ2n) is 3.13. The molecule has 0 saturated carbocycles. The number of ether oxygens (including phenoxy) is 3. The van der Waals surface area contributed by atoms with Crippen molar-refractivity contribution in [2.45, 2.75) is 0 Å². The molecule has 0 atom stereocenters. The van der Waals surface area contributed by atoms with E-state index in [0.717, 1.165) is 5.56 Å². The van der Waals surface area contributed by atoms with Gasteiger partial charge < -0.3 is 14.2 Å². The maximum absolute atomic E-state index is 10.7. The smallest absolute Gasteiger partial charge is 0.209 e. The third-order valence-electron chi connectivity index (χ3n) is 2.11. The fraction of sp³-hybridized carbons (Fsp3) is 0.250. The minimum atomic E-state index is -0.321. The van der Waals surface area contributed by atoms with Crippen LogP contribution in [0.2, 0.25) is 0 Å². The first-order valence-electron chi connectivity index (χ1n) is 4.83. The summed E-state index contributed by atoms with van der Waals surface area (Å²) in [5.41, 5.74) is 0.766. The van der Waals surface area contributed by atoms with Gasteiger partial charge in [-0.05, 0) is 23.8 Å². The van der Waals surface area contributed by atoms with Gasteiger partial charge in [0.25, 0.3) is 0 Å². The Balaban J connectivity index is 3.22. The van der Waals surface area contributed by atoms with E-state index in [2.05, 4.69) is 12.6 Å². The second kappa shape index (κ2) is 6.20. The number of hydrogen-bond acceptors (Lipinski definition) is 4. The molecule has 0 bridgehead atoms. The van der Waals surface area contributed by atoms with Gasteiger partial charge in [-0.1, -0.05) is 6.08 Å². The standard InChI is InChI=1S/C12H14O4S/c1-14-9-6-8(4-5-11(13)17)7-10(15-2)12(9)16-3/h4-7H,1-3H3,(H,13,17)/b5-4+. The van der Waals surface area contributed by atoms with Crippen molar-refractivity contribution in [1.29, 1.82) is 0 Å². The van der Waals surface area contributed by atoms with Gasteiger partial charge in [0.15, 0.2) is 11.5 Å². The summed E-state index contributed by atoms with van der Waals surface area (Å²) in [5, 5.41) is -0.321. The Hall–Kier alpha value is -1.62. The van der Waals surface area contributed by atoms with Crippen molar-refractivity contribution in [3.8, 4) is 17.2 Å². The molecule has 0 aliphatic rings. The van der Waals surface area contributed by atoms with E-state index in [1.165, 1.54) is 27.4 Å². The zero-order chi connectivity index (χ0) is 12.8. The summed E-state index contributed by atoms with van der Waals surface area (Å²) in [4.78, 5) is 10.7. The lowest BCUT2D eigenvalue weighted by Gasteiger charge is -2.12. The van der Waals surface area contributed by atoms with Crippen LogP contribution in [0, 0.1) is 0 Å². The Morgan fingerprint density at radius 1 is 1.12 bits per heavy atom. The van der Waals surface area contributed by atoms with E-state index in [1.807, 2.05) is 0 Å². The normalized spacial score (nSPS) is 10.4. The number of methoxy groups -OCH3 is 3. The first-order chi connectivity index (χ1) is 8.12. The molecule has 1 aromatic carbocycles. The van der Waals surface area contributed by atoms with E-state index in [-0.39, 0.29) is 5.12 Å². The van der Waals surface area contributed by atoms with Crippen LogP contribution in [0.3, 0.4) is 0 Å². The van der Waals surface area contributed by atoms with Crippen molar-refractivity contribution >= 4 is 23.8 Å². The molecule has 0 saturated heterocycles. The minimum absolute atomic E-state index is 0.321. The lowest BCUT2D eigenvalue weighted by molar-refractivity contribution is -0.106. The molecule has 0 aromatic heterocycles. The molecule has 0 amide bonds. The van der Waals surface area contributed by atoms with E-state index in [9.17, 15) is 4.79 Å². The minimum Gasteiger partial charge on any atom is -0.493 e. The molecular formula is C12H14O4S. The predicted molar refractivity (Wildman–Crippen MR) is 69.1 cm³/mol. The van der Waals surface area contributed by atoms with Gasteiger partial charge in [0.1, 0.15) is 0 Å². The molecule has 1 aromatic rings. The Bertz CT molecular complexity index is 415. The van der Waals surface area contributed by atoms with Gasteiger partial charge >= 0.3 is 0 Å². The number of thiol groups is 1. The highest BCUT2D eigenvalue weighted by molar-refractivity contribution is 7.97. The van der Waals surface area contributed by atoms with Crippen molar-refractivity contribution < 1.29 is 19.0 Å². The molecule has 0 aliphatic heterocycles. The Kier molecular flexibility index (Phi) is 4.90. The monoisotopic (exact) mass is 254 g/mol. The molecule has 0 heterocycles. The predicted octanol–water partition coefficient (Wildman–Crippen LogP) is 2.18. The third kappa shape index (κ3) is 3.42. The second-order valence-corrected chi connectivity index (χ2v) is 3.57.